The molecule has 5 aromatic rings. The monoisotopic (exact) mass is 529 g/mol. The first kappa shape index (κ1) is 24.6. The number of halogens is 4. The molecule has 0 amide bonds. The highest BCUT2D eigenvalue weighted by Gasteiger charge is 2.21. The molecule has 1 aromatic carbocycles. The molecule has 14 heteroatoms. The van der Waals surface area contributed by atoms with Gasteiger partial charge in [0, 0.05) is 49.0 Å². The van der Waals surface area contributed by atoms with E-state index in [1.165, 1.54) is 41.7 Å². The van der Waals surface area contributed by atoms with Crippen LogP contribution in [-0.4, -0.2) is 58.5 Å². The van der Waals surface area contributed by atoms with Crippen LogP contribution in [0.1, 0.15) is 24.7 Å². The molecule has 0 bridgehead atoms. The molecule has 0 spiro atoms. The molecule has 0 aliphatic rings. The molecule has 0 N–H and O–H groups in total. The molecule has 0 saturated carbocycles. The van der Waals surface area contributed by atoms with E-state index in [0.717, 1.165) is 0 Å². The fourth-order valence-electron chi connectivity index (χ4n) is 4.01. The first-order valence-corrected chi connectivity index (χ1v) is 11.4. The average Bonchev–Trinajstić information content (AvgIpc) is 3.68. The minimum absolute atomic E-state index is 0.0546. The van der Waals surface area contributed by atoms with Crippen molar-refractivity contribution in [2.75, 3.05) is 13.7 Å². The van der Waals surface area contributed by atoms with Gasteiger partial charge in [-0.1, -0.05) is 17.7 Å². The van der Waals surface area contributed by atoms with E-state index in [9.17, 15) is 8.78 Å². The highest BCUT2D eigenvalue weighted by Crippen LogP contribution is 2.34. The van der Waals surface area contributed by atoms with E-state index in [4.69, 9.17) is 16.3 Å². The largest absolute Gasteiger partial charge is 0.385 e. The highest BCUT2D eigenvalue weighted by molar-refractivity contribution is 6.31. The molecule has 5 rings (SSSR count). The van der Waals surface area contributed by atoms with E-state index >= 15 is 4.39 Å². The summed E-state index contributed by atoms with van der Waals surface area (Å²) in [7, 11) is 1.58. The summed E-state index contributed by atoms with van der Waals surface area (Å²) in [5, 5.41) is 19.1. The van der Waals surface area contributed by atoms with Gasteiger partial charge in [0.15, 0.2) is 5.82 Å². The van der Waals surface area contributed by atoms with Crippen LogP contribution >= 0.6 is 11.6 Å². The Hall–Kier alpha value is -4.10. The van der Waals surface area contributed by atoms with Crippen LogP contribution in [-0.2, 0) is 4.74 Å². The van der Waals surface area contributed by atoms with Crippen molar-refractivity contribution in [2.24, 2.45) is 0 Å². The summed E-state index contributed by atoms with van der Waals surface area (Å²) in [5.74, 6) is -0.632. The number of methoxy groups -OCH3 is 1. The van der Waals surface area contributed by atoms with Crippen LogP contribution in [0.3, 0.4) is 0 Å². The predicted octanol–water partition coefficient (Wildman–Crippen LogP) is 4.60. The van der Waals surface area contributed by atoms with E-state index in [2.05, 4.69) is 30.7 Å². The summed E-state index contributed by atoms with van der Waals surface area (Å²) in [6, 6.07) is 7.60. The number of ether oxygens (including phenoxy) is 1. The first-order valence-electron chi connectivity index (χ1n) is 11.0. The number of nitrogens with zero attached hydrogens (tertiary/aromatic N) is 9. The van der Waals surface area contributed by atoms with Crippen molar-refractivity contribution >= 4 is 11.6 Å². The fraction of sp³-hybridized carbons (Fsp3) is 0.217. The second kappa shape index (κ2) is 10.5. The minimum Gasteiger partial charge on any atom is -0.385 e. The molecule has 0 aliphatic heterocycles. The number of hydrogen-bond donors (Lipinski definition) is 0. The van der Waals surface area contributed by atoms with Crippen molar-refractivity contribution < 1.29 is 17.9 Å². The van der Waals surface area contributed by atoms with Crippen LogP contribution in [0.2, 0.25) is 5.02 Å². The van der Waals surface area contributed by atoms with E-state index in [1.54, 1.807) is 36.2 Å². The standard InChI is InChI=1S/C23H19ClF3N9O/c1-37-9-7-19(34-12-15(11-31-34)18-6-8-30-36(18)23(26)27)17-4-2-14(10-28-17)21-20(35-13-29-32-33-35)5-3-16(24)22(21)25/h2-6,8,10-13,19,23H,7,9H2,1H3. The number of tetrazole rings is 1. The number of aromatic nitrogens is 9. The third-order valence-corrected chi connectivity index (χ3v) is 6.04. The van der Waals surface area contributed by atoms with Gasteiger partial charge in [0.05, 0.1) is 34.3 Å². The van der Waals surface area contributed by atoms with E-state index in [-0.39, 0.29) is 22.3 Å². The summed E-state index contributed by atoms with van der Waals surface area (Å²) < 4.78 is 50.6. The molecule has 1 unspecified atom stereocenters. The first-order chi connectivity index (χ1) is 18.0. The van der Waals surface area contributed by atoms with Crippen LogP contribution in [0.4, 0.5) is 13.2 Å². The number of alkyl halides is 2. The van der Waals surface area contributed by atoms with Crippen molar-refractivity contribution in [1.82, 2.24) is 44.8 Å². The van der Waals surface area contributed by atoms with Crippen molar-refractivity contribution in [3.8, 4) is 28.1 Å². The SMILES string of the molecule is COCCC(c1ccc(-c2c(-n3cnnn3)ccc(Cl)c2F)cn1)n1cc(-c2ccnn2C(F)F)cn1. The molecule has 0 saturated heterocycles. The Morgan fingerprint density at radius 3 is 2.62 bits per heavy atom. The Balaban J connectivity index is 1.50. The molecular weight excluding hydrogens is 511 g/mol. The molecule has 0 fully saturated rings. The maximum Gasteiger partial charge on any atom is 0.333 e. The predicted molar refractivity (Wildman–Crippen MR) is 127 cm³/mol. The molecule has 0 radical (unpaired) electrons. The number of hydrogen-bond acceptors (Lipinski definition) is 7. The summed E-state index contributed by atoms with van der Waals surface area (Å²) in [4.78, 5) is 4.57. The third-order valence-electron chi connectivity index (χ3n) is 5.75. The van der Waals surface area contributed by atoms with Gasteiger partial charge < -0.3 is 4.74 Å². The normalized spacial score (nSPS) is 12.4. The number of pyridine rings is 1. The quantitative estimate of drug-likeness (QED) is 0.275. The molecule has 4 aromatic heterocycles. The summed E-state index contributed by atoms with van der Waals surface area (Å²) in [5.41, 5.74) is 2.37. The number of benzene rings is 1. The van der Waals surface area contributed by atoms with Crippen molar-refractivity contribution in [3.63, 3.8) is 0 Å². The van der Waals surface area contributed by atoms with E-state index < -0.39 is 12.4 Å². The molecular formula is C23H19ClF3N9O. The van der Waals surface area contributed by atoms with Crippen molar-refractivity contribution in [2.45, 2.75) is 19.0 Å². The van der Waals surface area contributed by atoms with Gasteiger partial charge in [-0.25, -0.2) is 9.07 Å². The van der Waals surface area contributed by atoms with Crippen LogP contribution in [0.25, 0.3) is 28.1 Å². The van der Waals surface area contributed by atoms with Crippen LogP contribution in [0.5, 0.6) is 0 Å². The lowest BCUT2D eigenvalue weighted by atomic mass is 10.0. The van der Waals surface area contributed by atoms with Crippen molar-refractivity contribution in [1.29, 1.82) is 0 Å². The molecule has 0 aliphatic carbocycles. The summed E-state index contributed by atoms with van der Waals surface area (Å²) >= 11 is 6.06. The second-order valence-corrected chi connectivity index (χ2v) is 8.33. The lowest BCUT2D eigenvalue weighted by molar-refractivity contribution is 0.0585. The van der Waals surface area contributed by atoms with Crippen molar-refractivity contribution in [3.05, 3.63) is 78.0 Å². The third kappa shape index (κ3) is 4.82. The molecule has 10 nitrogen and oxygen atoms in total. The highest BCUT2D eigenvalue weighted by atomic mass is 35.5. The van der Waals surface area contributed by atoms with Gasteiger partial charge in [0.1, 0.15) is 6.33 Å². The zero-order chi connectivity index (χ0) is 25.9. The second-order valence-electron chi connectivity index (χ2n) is 7.93. The lowest BCUT2D eigenvalue weighted by Gasteiger charge is -2.18. The van der Waals surface area contributed by atoms with Crippen LogP contribution in [0, 0.1) is 5.82 Å². The summed E-state index contributed by atoms with van der Waals surface area (Å²) in [6.07, 6.45) is 7.82. The Bertz CT molecular complexity index is 1490. The average molecular weight is 530 g/mol. The van der Waals surface area contributed by atoms with Gasteiger partial charge in [-0.2, -0.15) is 23.7 Å². The maximum absolute atomic E-state index is 15.1. The Labute approximate surface area is 213 Å². The van der Waals surface area contributed by atoms with Gasteiger partial charge in [-0.3, -0.25) is 9.67 Å². The Morgan fingerprint density at radius 1 is 1.05 bits per heavy atom. The number of rotatable bonds is 9. The zero-order valence-corrected chi connectivity index (χ0v) is 20.0. The maximum atomic E-state index is 15.1. The minimum atomic E-state index is -2.78. The molecule has 190 valence electrons. The van der Waals surface area contributed by atoms with Gasteiger partial charge in [-0.15, -0.1) is 5.10 Å². The molecule has 37 heavy (non-hydrogen) atoms. The fourth-order valence-corrected chi connectivity index (χ4v) is 4.17. The van der Waals surface area contributed by atoms with E-state index in [0.29, 0.717) is 40.2 Å². The Morgan fingerprint density at radius 2 is 1.92 bits per heavy atom. The Kier molecular flexibility index (Phi) is 6.97. The smallest absolute Gasteiger partial charge is 0.333 e. The summed E-state index contributed by atoms with van der Waals surface area (Å²) in [6.45, 7) is -2.39. The van der Waals surface area contributed by atoms with E-state index in [1.807, 2.05) is 0 Å². The van der Waals surface area contributed by atoms with Gasteiger partial charge in [-0.05, 0) is 41.1 Å². The van der Waals surface area contributed by atoms with Gasteiger partial charge in [0.25, 0.3) is 0 Å². The van der Waals surface area contributed by atoms with Gasteiger partial charge >= 0.3 is 6.55 Å². The van der Waals surface area contributed by atoms with Crippen LogP contribution in [0.15, 0.2) is 61.4 Å². The molecule has 1 atom stereocenters. The topological polar surface area (TPSA) is 101 Å². The van der Waals surface area contributed by atoms with Gasteiger partial charge in [0.2, 0.25) is 0 Å². The van der Waals surface area contributed by atoms with Crippen LogP contribution < -0.4 is 0 Å². The molecule has 4 heterocycles. The lowest BCUT2D eigenvalue weighted by Crippen LogP contribution is -2.15. The zero-order valence-electron chi connectivity index (χ0n) is 19.3.